The lowest BCUT2D eigenvalue weighted by Crippen LogP contribution is -2.38. The Morgan fingerprint density at radius 1 is 1.07 bits per heavy atom. The Morgan fingerprint density at radius 2 is 1.67 bits per heavy atom. The molecule has 1 saturated carbocycles. The summed E-state index contributed by atoms with van der Waals surface area (Å²) in [5.74, 6) is -1.91. The molecule has 30 heavy (non-hydrogen) atoms. The van der Waals surface area contributed by atoms with Gasteiger partial charge in [0.05, 0.1) is 33.7 Å². The molecule has 1 heterocycles. The predicted molar refractivity (Wildman–Crippen MR) is 112 cm³/mol. The summed E-state index contributed by atoms with van der Waals surface area (Å²) in [5, 5.41) is 0.697. The molecule has 0 amide bonds. The average Bonchev–Trinajstić information content (AvgIpc) is 3.10. The summed E-state index contributed by atoms with van der Waals surface area (Å²) < 4.78 is 18.5. The lowest BCUT2D eigenvalue weighted by Gasteiger charge is -2.27. The molecule has 4 atom stereocenters. The van der Waals surface area contributed by atoms with Gasteiger partial charge in [-0.25, -0.2) is 4.98 Å². The van der Waals surface area contributed by atoms with Gasteiger partial charge in [0.2, 0.25) is 0 Å². The quantitative estimate of drug-likeness (QED) is 0.431. The van der Waals surface area contributed by atoms with Crippen molar-refractivity contribution in [1.82, 2.24) is 9.55 Å². The summed E-state index contributed by atoms with van der Waals surface area (Å²) in [6.45, 7) is 3.85. The zero-order chi connectivity index (χ0) is 22.2. The van der Waals surface area contributed by atoms with E-state index in [1.165, 1.54) is 20.8 Å². The monoisotopic (exact) mass is 520 g/mol. The zero-order valence-corrected chi connectivity index (χ0v) is 19.5. The Labute approximate surface area is 190 Å². The van der Waals surface area contributed by atoms with E-state index >= 15 is 0 Å². The average molecular weight is 522 g/mol. The van der Waals surface area contributed by atoms with Crippen molar-refractivity contribution in [3.8, 4) is 0 Å². The first kappa shape index (κ1) is 22.8. The minimum Gasteiger partial charge on any atom is -0.465 e. The number of carbonyl (C=O) groups is 3. The third-order valence-electron chi connectivity index (χ3n) is 4.84. The highest BCUT2D eigenvalue weighted by atomic mass is 79.9. The molecular formula is C19H19BrCl2N2O6. The van der Waals surface area contributed by atoms with Gasteiger partial charge in [-0.2, -0.15) is 0 Å². The second-order valence-electron chi connectivity index (χ2n) is 7.02. The fourth-order valence-electron chi connectivity index (χ4n) is 3.77. The predicted octanol–water partition coefficient (Wildman–Crippen LogP) is 4.09. The van der Waals surface area contributed by atoms with Crippen LogP contribution >= 0.6 is 39.1 Å². The van der Waals surface area contributed by atoms with Gasteiger partial charge in [0.25, 0.3) is 0 Å². The Morgan fingerprint density at radius 3 is 2.27 bits per heavy atom. The van der Waals surface area contributed by atoms with Gasteiger partial charge < -0.3 is 18.8 Å². The molecule has 0 saturated heterocycles. The number of esters is 3. The number of benzene rings is 1. The Bertz CT molecular complexity index is 1010. The SMILES string of the molecule is CC(=O)OC[C@H]1C[C@@H](n2c(Br)nc3cc(Cl)c(Cl)cc32)[C@H](OC(C)=O)[C@@H]1OC(C)=O. The second-order valence-corrected chi connectivity index (χ2v) is 8.54. The number of imidazole rings is 1. The maximum atomic E-state index is 11.8. The molecule has 1 aliphatic rings. The molecule has 2 aromatic rings. The highest BCUT2D eigenvalue weighted by molar-refractivity contribution is 9.10. The van der Waals surface area contributed by atoms with Crippen molar-refractivity contribution in [2.45, 2.75) is 45.4 Å². The standard InChI is InChI=1S/C19H19BrCl2N2O6/c1-8(25)28-7-11-4-16(18(30-10(3)27)17(11)29-9(2)26)24-15-6-13(22)12(21)5-14(15)23-19(24)20/h5-6,11,16-18H,4,7H2,1-3H3/t11-,16-,17-,18+/m1/s1. The van der Waals surface area contributed by atoms with Crippen molar-refractivity contribution in [3.05, 3.63) is 26.9 Å². The Hall–Kier alpha value is -1.84. The van der Waals surface area contributed by atoms with Crippen LogP contribution in [0.25, 0.3) is 11.0 Å². The number of rotatable bonds is 5. The van der Waals surface area contributed by atoms with Crippen molar-refractivity contribution in [2.24, 2.45) is 5.92 Å². The third-order valence-corrected chi connectivity index (χ3v) is 6.12. The lowest BCUT2D eigenvalue weighted by molar-refractivity contribution is -0.168. The van der Waals surface area contributed by atoms with Crippen LogP contribution in [0.3, 0.4) is 0 Å². The summed E-state index contributed by atoms with van der Waals surface area (Å²) in [4.78, 5) is 39.4. The summed E-state index contributed by atoms with van der Waals surface area (Å²) in [5.41, 5.74) is 1.25. The van der Waals surface area contributed by atoms with Crippen molar-refractivity contribution >= 4 is 68.1 Å². The molecule has 1 aliphatic carbocycles. The maximum absolute atomic E-state index is 11.8. The van der Waals surface area contributed by atoms with Crippen LogP contribution in [-0.2, 0) is 28.6 Å². The number of halogens is 3. The first-order valence-electron chi connectivity index (χ1n) is 9.08. The highest BCUT2D eigenvalue weighted by Crippen LogP contribution is 2.43. The van der Waals surface area contributed by atoms with Crippen LogP contribution in [0.4, 0.5) is 0 Å². The van der Waals surface area contributed by atoms with E-state index < -0.39 is 36.2 Å². The van der Waals surface area contributed by atoms with Crippen molar-refractivity contribution < 1.29 is 28.6 Å². The van der Waals surface area contributed by atoms with Crippen LogP contribution in [0.5, 0.6) is 0 Å². The van der Waals surface area contributed by atoms with E-state index in [4.69, 9.17) is 37.4 Å². The van der Waals surface area contributed by atoms with Crippen molar-refractivity contribution in [2.75, 3.05) is 6.61 Å². The largest absolute Gasteiger partial charge is 0.465 e. The molecule has 1 fully saturated rings. The smallest absolute Gasteiger partial charge is 0.303 e. The fourth-order valence-corrected chi connectivity index (χ4v) is 4.73. The summed E-state index contributed by atoms with van der Waals surface area (Å²) in [7, 11) is 0. The molecule has 0 aliphatic heterocycles. The molecule has 0 N–H and O–H groups in total. The summed E-state index contributed by atoms with van der Waals surface area (Å²) in [6.07, 6.45) is -1.23. The molecule has 162 valence electrons. The number of carbonyl (C=O) groups excluding carboxylic acids is 3. The normalized spacial score (nSPS) is 23.4. The summed E-state index contributed by atoms with van der Waals surface area (Å²) >= 11 is 15.8. The number of fused-ring (bicyclic) bond motifs is 1. The number of ether oxygens (including phenoxy) is 3. The zero-order valence-electron chi connectivity index (χ0n) is 16.4. The highest BCUT2D eigenvalue weighted by Gasteiger charge is 2.50. The van der Waals surface area contributed by atoms with Gasteiger partial charge in [-0.05, 0) is 34.5 Å². The van der Waals surface area contributed by atoms with Gasteiger partial charge in [0.15, 0.2) is 10.8 Å². The van der Waals surface area contributed by atoms with E-state index in [-0.39, 0.29) is 12.5 Å². The van der Waals surface area contributed by atoms with Crippen molar-refractivity contribution in [1.29, 1.82) is 0 Å². The lowest BCUT2D eigenvalue weighted by atomic mass is 10.1. The molecular weight excluding hydrogens is 503 g/mol. The molecule has 0 bridgehead atoms. The molecule has 0 unspecified atom stereocenters. The van der Waals surface area contributed by atoms with Crippen molar-refractivity contribution in [3.63, 3.8) is 0 Å². The van der Waals surface area contributed by atoms with Crippen LogP contribution in [0, 0.1) is 5.92 Å². The molecule has 8 nitrogen and oxygen atoms in total. The summed E-state index contributed by atoms with van der Waals surface area (Å²) in [6, 6.07) is 2.84. The molecule has 0 spiro atoms. The second kappa shape index (κ2) is 9.11. The van der Waals surface area contributed by atoms with Crippen LogP contribution in [-0.4, -0.2) is 46.3 Å². The molecule has 0 radical (unpaired) electrons. The maximum Gasteiger partial charge on any atom is 0.303 e. The van der Waals surface area contributed by atoms with Gasteiger partial charge in [0, 0.05) is 26.7 Å². The van der Waals surface area contributed by atoms with Crippen LogP contribution < -0.4 is 0 Å². The minimum atomic E-state index is -0.824. The van der Waals surface area contributed by atoms with Gasteiger partial charge in [0.1, 0.15) is 6.10 Å². The molecule has 1 aromatic carbocycles. The minimum absolute atomic E-state index is 0.0123. The molecule has 11 heteroatoms. The molecule has 3 rings (SSSR count). The van der Waals surface area contributed by atoms with E-state index in [2.05, 4.69) is 20.9 Å². The Balaban J connectivity index is 2.09. The van der Waals surface area contributed by atoms with E-state index in [0.717, 1.165) is 0 Å². The van der Waals surface area contributed by atoms with E-state index in [0.29, 0.717) is 32.2 Å². The van der Waals surface area contributed by atoms with E-state index in [9.17, 15) is 14.4 Å². The van der Waals surface area contributed by atoms with Crippen LogP contribution in [0.15, 0.2) is 16.9 Å². The van der Waals surface area contributed by atoms with Crippen LogP contribution in [0.1, 0.15) is 33.2 Å². The first-order valence-corrected chi connectivity index (χ1v) is 10.6. The fraction of sp³-hybridized carbons (Fsp3) is 0.474. The number of aromatic nitrogens is 2. The van der Waals surface area contributed by atoms with Crippen LogP contribution in [0.2, 0.25) is 10.0 Å². The number of hydrogen-bond acceptors (Lipinski definition) is 7. The first-order chi connectivity index (χ1) is 14.1. The van der Waals surface area contributed by atoms with Gasteiger partial charge in [-0.3, -0.25) is 14.4 Å². The van der Waals surface area contributed by atoms with Gasteiger partial charge in [-0.1, -0.05) is 23.2 Å². The van der Waals surface area contributed by atoms with E-state index in [1.54, 1.807) is 12.1 Å². The molecule has 1 aromatic heterocycles. The number of hydrogen-bond donors (Lipinski definition) is 0. The topological polar surface area (TPSA) is 96.7 Å². The van der Waals surface area contributed by atoms with E-state index in [1.807, 2.05) is 4.57 Å². The third kappa shape index (κ3) is 4.73. The number of nitrogens with zero attached hydrogens (tertiary/aromatic N) is 2. The van der Waals surface area contributed by atoms with Gasteiger partial charge >= 0.3 is 17.9 Å². The Kier molecular flexibility index (Phi) is 6.94. The van der Waals surface area contributed by atoms with Gasteiger partial charge in [-0.15, -0.1) is 0 Å².